The highest BCUT2D eigenvalue weighted by Gasteiger charge is 2.16. The minimum Gasteiger partial charge on any atom is -0.365 e. The van der Waals surface area contributed by atoms with Gasteiger partial charge in [0, 0.05) is 4.47 Å². The highest BCUT2D eigenvalue weighted by atomic mass is 79.9. The van der Waals surface area contributed by atoms with Crippen LogP contribution in [0.4, 0.5) is 8.78 Å². The number of rotatable bonds is 2. The molecule has 0 bridgehead atoms. The van der Waals surface area contributed by atoms with Crippen LogP contribution in [-0.2, 0) is 0 Å². The van der Waals surface area contributed by atoms with Gasteiger partial charge in [0.05, 0.1) is 5.69 Å². The largest absolute Gasteiger partial charge is 0.365 e. The van der Waals surface area contributed by atoms with Crippen molar-refractivity contribution in [1.29, 1.82) is 0 Å². The summed E-state index contributed by atoms with van der Waals surface area (Å²) < 4.78 is 24.4. The van der Waals surface area contributed by atoms with Crippen LogP contribution in [0.25, 0.3) is 0 Å². The average molecular weight is 267 g/mol. The molecule has 14 heavy (non-hydrogen) atoms. The van der Waals surface area contributed by atoms with Crippen LogP contribution in [0.3, 0.4) is 0 Å². The third-order valence-corrected chi connectivity index (χ3v) is 2.16. The maximum absolute atomic E-state index is 12.2. The van der Waals surface area contributed by atoms with Crippen LogP contribution in [0, 0.1) is 0 Å². The van der Waals surface area contributed by atoms with E-state index in [2.05, 4.69) is 15.9 Å². The van der Waals surface area contributed by atoms with Crippen LogP contribution < -0.4 is 11.3 Å². The summed E-state index contributed by atoms with van der Waals surface area (Å²) in [6, 6.07) is 0.975. The lowest BCUT2D eigenvalue weighted by atomic mass is 10.2. The van der Waals surface area contributed by atoms with Gasteiger partial charge in [0.15, 0.2) is 0 Å². The molecule has 3 N–H and O–H groups in total. The third-order valence-electron chi connectivity index (χ3n) is 1.50. The standard InChI is InChI=1S/C7H5BrF2N2O2/c8-3-1-2(6(11)13)7(14)12-4(3)5(9)10/h1,5H,(H2,11,13)(H,12,14). The first-order chi connectivity index (χ1) is 6.43. The third kappa shape index (κ3) is 1.98. The number of pyridine rings is 1. The SMILES string of the molecule is NC(=O)c1cc(Br)c(C(F)F)[nH]c1=O. The molecule has 1 aromatic heterocycles. The Labute approximate surface area is 85.2 Å². The molecule has 4 nitrogen and oxygen atoms in total. The molecule has 1 amide bonds. The molecule has 1 rings (SSSR count). The number of H-pyrrole nitrogens is 1. The van der Waals surface area contributed by atoms with E-state index >= 15 is 0 Å². The monoisotopic (exact) mass is 266 g/mol. The second-order valence-electron chi connectivity index (χ2n) is 2.44. The Morgan fingerprint density at radius 2 is 2.14 bits per heavy atom. The summed E-state index contributed by atoms with van der Waals surface area (Å²) >= 11 is 2.79. The molecule has 0 aliphatic carbocycles. The maximum Gasteiger partial charge on any atom is 0.279 e. The van der Waals surface area contributed by atoms with E-state index in [0.717, 1.165) is 6.07 Å². The summed E-state index contributed by atoms with van der Waals surface area (Å²) in [4.78, 5) is 23.5. The molecule has 0 atom stereocenters. The zero-order valence-electron chi connectivity index (χ0n) is 6.68. The fourth-order valence-electron chi connectivity index (χ4n) is 0.861. The lowest BCUT2D eigenvalue weighted by Crippen LogP contribution is -2.24. The van der Waals surface area contributed by atoms with Gasteiger partial charge in [0.2, 0.25) is 0 Å². The molecule has 0 fully saturated rings. The lowest BCUT2D eigenvalue weighted by molar-refractivity contribution is 0.0997. The Morgan fingerprint density at radius 1 is 1.57 bits per heavy atom. The molecule has 0 saturated heterocycles. The number of nitrogens with two attached hydrogens (primary N) is 1. The second-order valence-corrected chi connectivity index (χ2v) is 3.29. The zero-order chi connectivity index (χ0) is 10.9. The number of carbonyl (C=O) groups is 1. The van der Waals surface area contributed by atoms with Crippen molar-refractivity contribution in [3.63, 3.8) is 0 Å². The summed E-state index contributed by atoms with van der Waals surface area (Å²) in [5, 5.41) is 0. The number of primary amides is 1. The highest BCUT2D eigenvalue weighted by molar-refractivity contribution is 9.10. The Kier molecular flexibility index (Phi) is 3.00. The molecule has 0 aliphatic heterocycles. The van der Waals surface area contributed by atoms with Crippen molar-refractivity contribution >= 4 is 21.8 Å². The van der Waals surface area contributed by atoms with E-state index in [-0.39, 0.29) is 10.0 Å². The van der Waals surface area contributed by atoms with Crippen molar-refractivity contribution in [3.05, 3.63) is 32.2 Å². The van der Waals surface area contributed by atoms with Gasteiger partial charge in [0.1, 0.15) is 5.56 Å². The zero-order valence-corrected chi connectivity index (χ0v) is 8.27. The van der Waals surface area contributed by atoms with E-state index in [9.17, 15) is 18.4 Å². The van der Waals surface area contributed by atoms with Crippen LogP contribution in [0.15, 0.2) is 15.3 Å². The highest BCUT2D eigenvalue weighted by Crippen LogP contribution is 2.24. The number of hydrogen-bond donors (Lipinski definition) is 2. The van der Waals surface area contributed by atoms with Gasteiger partial charge in [-0.1, -0.05) is 0 Å². The molecule has 0 unspecified atom stereocenters. The van der Waals surface area contributed by atoms with Gasteiger partial charge in [-0.25, -0.2) is 8.78 Å². The molecule has 76 valence electrons. The molecule has 0 saturated carbocycles. The van der Waals surface area contributed by atoms with Crippen molar-refractivity contribution in [2.75, 3.05) is 0 Å². The van der Waals surface area contributed by atoms with E-state index in [0.29, 0.717) is 0 Å². The van der Waals surface area contributed by atoms with Crippen molar-refractivity contribution in [1.82, 2.24) is 4.98 Å². The number of amides is 1. The van der Waals surface area contributed by atoms with Crippen LogP contribution in [0.1, 0.15) is 22.5 Å². The quantitative estimate of drug-likeness (QED) is 0.843. The molecule has 0 radical (unpaired) electrons. The first-order valence-electron chi connectivity index (χ1n) is 3.44. The maximum atomic E-state index is 12.2. The summed E-state index contributed by atoms with van der Waals surface area (Å²) in [6.07, 6.45) is -2.82. The normalized spacial score (nSPS) is 10.6. The molecular weight excluding hydrogens is 262 g/mol. The van der Waals surface area contributed by atoms with Crippen molar-refractivity contribution in [2.24, 2.45) is 5.73 Å². The van der Waals surface area contributed by atoms with E-state index in [4.69, 9.17) is 5.73 Å². The summed E-state index contributed by atoms with van der Waals surface area (Å²) in [5.74, 6) is -0.965. The van der Waals surface area contributed by atoms with Gasteiger partial charge in [-0.15, -0.1) is 0 Å². The van der Waals surface area contributed by atoms with Crippen molar-refractivity contribution < 1.29 is 13.6 Å². The number of carbonyl (C=O) groups excluding carboxylic acids is 1. The predicted molar refractivity (Wildman–Crippen MR) is 48.2 cm³/mol. The Morgan fingerprint density at radius 3 is 2.57 bits per heavy atom. The van der Waals surface area contributed by atoms with Crippen molar-refractivity contribution in [2.45, 2.75) is 6.43 Å². The molecule has 1 aromatic rings. The molecule has 0 aliphatic rings. The number of halogens is 3. The fraction of sp³-hybridized carbons (Fsp3) is 0.143. The first kappa shape index (κ1) is 10.8. The van der Waals surface area contributed by atoms with Gasteiger partial charge in [-0.2, -0.15) is 0 Å². The summed E-state index contributed by atoms with van der Waals surface area (Å²) in [6.45, 7) is 0. The van der Waals surface area contributed by atoms with Crippen LogP contribution in [-0.4, -0.2) is 10.9 Å². The van der Waals surface area contributed by atoms with Crippen LogP contribution >= 0.6 is 15.9 Å². The van der Waals surface area contributed by atoms with Crippen molar-refractivity contribution in [3.8, 4) is 0 Å². The Balaban J connectivity index is 3.39. The van der Waals surface area contributed by atoms with E-state index in [1.807, 2.05) is 4.98 Å². The average Bonchev–Trinajstić information content (AvgIpc) is 2.07. The second kappa shape index (κ2) is 3.87. The molecule has 7 heteroatoms. The van der Waals surface area contributed by atoms with Gasteiger partial charge >= 0.3 is 0 Å². The van der Waals surface area contributed by atoms with Gasteiger partial charge < -0.3 is 10.7 Å². The molecular formula is C7H5BrF2N2O2. The number of aromatic nitrogens is 1. The van der Waals surface area contributed by atoms with Gasteiger partial charge in [-0.05, 0) is 22.0 Å². The number of aromatic amines is 1. The minimum atomic E-state index is -2.82. The number of hydrogen-bond acceptors (Lipinski definition) is 2. The molecule has 0 aromatic carbocycles. The van der Waals surface area contributed by atoms with Crippen LogP contribution in [0.2, 0.25) is 0 Å². The predicted octanol–water partition coefficient (Wildman–Crippen LogP) is 1.17. The Bertz CT molecular complexity index is 430. The van der Waals surface area contributed by atoms with Gasteiger partial charge in [-0.3, -0.25) is 9.59 Å². The topological polar surface area (TPSA) is 76.0 Å². The van der Waals surface area contributed by atoms with Crippen LogP contribution in [0.5, 0.6) is 0 Å². The first-order valence-corrected chi connectivity index (χ1v) is 4.23. The lowest BCUT2D eigenvalue weighted by Gasteiger charge is -2.03. The van der Waals surface area contributed by atoms with E-state index in [1.165, 1.54) is 0 Å². The fourth-order valence-corrected chi connectivity index (χ4v) is 1.36. The molecule has 0 spiro atoms. The smallest absolute Gasteiger partial charge is 0.279 e. The Hall–Kier alpha value is -1.24. The molecule has 1 heterocycles. The summed E-state index contributed by atoms with van der Waals surface area (Å²) in [5.41, 5.74) is 2.99. The van der Waals surface area contributed by atoms with Gasteiger partial charge in [0.25, 0.3) is 17.9 Å². The number of nitrogens with one attached hydrogen (secondary N) is 1. The minimum absolute atomic E-state index is 0.0547. The van der Waals surface area contributed by atoms with E-state index in [1.54, 1.807) is 0 Å². The van der Waals surface area contributed by atoms with E-state index < -0.39 is 23.6 Å². The number of alkyl halides is 2. The summed E-state index contributed by atoms with van der Waals surface area (Å²) in [7, 11) is 0.